The summed E-state index contributed by atoms with van der Waals surface area (Å²) in [4.78, 5) is 18.2. The summed E-state index contributed by atoms with van der Waals surface area (Å²) < 4.78 is 0. The van der Waals surface area contributed by atoms with Gasteiger partial charge in [0.05, 0.1) is 18.2 Å². The molecule has 1 aliphatic rings. The number of hydrogen-bond donors (Lipinski definition) is 1. The standard InChI is InChI=1S/C16H18N2OS/c1-10-11(2)20-15(18-10)9-14(19)16-13-6-4-3-5-12(13)7-8-17-16/h3-6,16-17H,7-9H2,1-2H3. The lowest BCUT2D eigenvalue weighted by atomic mass is 9.91. The fourth-order valence-corrected chi connectivity index (χ4v) is 3.60. The van der Waals surface area contributed by atoms with Crippen LogP contribution in [0.2, 0.25) is 0 Å². The van der Waals surface area contributed by atoms with E-state index in [1.165, 1.54) is 10.4 Å². The van der Waals surface area contributed by atoms with Crippen LogP contribution in [0.5, 0.6) is 0 Å². The first-order chi connectivity index (χ1) is 9.65. The van der Waals surface area contributed by atoms with Crippen molar-refractivity contribution in [2.24, 2.45) is 0 Å². The molecule has 2 aromatic rings. The lowest BCUT2D eigenvalue weighted by Gasteiger charge is -2.25. The fourth-order valence-electron chi connectivity index (χ4n) is 2.66. The maximum Gasteiger partial charge on any atom is 0.161 e. The highest BCUT2D eigenvalue weighted by Gasteiger charge is 2.26. The van der Waals surface area contributed by atoms with Gasteiger partial charge in [0, 0.05) is 11.4 Å². The Hall–Kier alpha value is -1.52. The van der Waals surface area contributed by atoms with Crippen molar-refractivity contribution in [3.8, 4) is 0 Å². The summed E-state index contributed by atoms with van der Waals surface area (Å²) in [6, 6.07) is 8.05. The number of aromatic nitrogens is 1. The lowest BCUT2D eigenvalue weighted by Crippen LogP contribution is -2.35. The maximum absolute atomic E-state index is 12.6. The number of nitrogens with one attached hydrogen (secondary N) is 1. The molecule has 1 aromatic carbocycles. The molecule has 1 aliphatic heterocycles. The summed E-state index contributed by atoms with van der Waals surface area (Å²) in [7, 11) is 0. The molecular formula is C16H18N2OS. The third kappa shape index (κ3) is 2.53. The quantitative estimate of drug-likeness (QED) is 0.943. The summed E-state index contributed by atoms with van der Waals surface area (Å²) in [5.74, 6) is 0.214. The number of rotatable bonds is 3. The second-order valence-electron chi connectivity index (χ2n) is 5.23. The number of ketones is 1. The van der Waals surface area contributed by atoms with Crippen LogP contribution in [0.1, 0.15) is 32.7 Å². The Morgan fingerprint density at radius 1 is 1.40 bits per heavy atom. The number of carbonyl (C=O) groups excluding carboxylic acids is 1. The van der Waals surface area contributed by atoms with E-state index in [1.54, 1.807) is 11.3 Å². The van der Waals surface area contributed by atoms with Crippen molar-refractivity contribution >= 4 is 17.1 Å². The van der Waals surface area contributed by atoms with Gasteiger partial charge in [-0.1, -0.05) is 24.3 Å². The molecule has 104 valence electrons. The van der Waals surface area contributed by atoms with Gasteiger partial charge in [-0.25, -0.2) is 4.98 Å². The second-order valence-corrected chi connectivity index (χ2v) is 6.52. The van der Waals surface area contributed by atoms with Crippen LogP contribution in [0.3, 0.4) is 0 Å². The Bertz CT molecular complexity index is 628. The first-order valence-corrected chi connectivity index (χ1v) is 7.73. The zero-order valence-electron chi connectivity index (χ0n) is 11.8. The average Bonchev–Trinajstić information content (AvgIpc) is 2.76. The van der Waals surface area contributed by atoms with Crippen LogP contribution in [0.4, 0.5) is 0 Å². The molecule has 3 nitrogen and oxygen atoms in total. The zero-order valence-corrected chi connectivity index (χ0v) is 12.6. The molecule has 0 spiro atoms. The van der Waals surface area contributed by atoms with E-state index in [2.05, 4.69) is 29.4 Å². The number of nitrogens with zero attached hydrogens (tertiary/aromatic N) is 1. The van der Waals surface area contributed by atoms with Crippen LogP contribution in [0, 0.1) is 13.8 Å². The number of aryl methyl sites for hydroxylation is 2. The molecule has 4 heteroatoms. The first-order valence-electron chi connectivity index (χ1n) is 6.92. The molecule has 0 radical (unpaired) electrons. The lowest BCUT2D eigenvalue weighted by molar-refractivity contribution is -0.120. The van der Waals surface area contributed by atoms with Crippen molar-refractivity contribution in [3.05, 3.63) is 51.0 Å². The monoisotopic (exact) mass is 286 g/mol. The van der Waals surface area contributed by atoms with Crippen molar-refractivity contribution in [2.45, 2.75) is 32.7 Å². The number of fused-ring (bicyclic) bond motifs is 1. The molecular weight excluding hydrogens is 268 g/mol. The van der Waals surface area contributed by atoms with E-state index < -0.39 is 0 Å². The molecule has 0 aliphatic carbocycles. The van der Waals surface area contributed by atoms with E-state index in [0.717, 1.165) is 29.2 Å². The molecule has 2 heterocycles. The molecule has 0 bridgehead atoms. The number of hydrogen-bond acceptors (Lipinski definition) is 4. The van der Waals surface area contributed by atoms with Crippen molar-refractivity contribution in [3.63, 3.8) is 0 Å². The molecule has 0 saturated heterocycles. The van der Waals surface area contributed by atoms with E-state index in [9.17, 15) is 4.79 Å². The van der Waals surface area contributed by atoms with E-state index in [4.69, 9.17) is 0 Å². The van der Waals surface area contributed by atoms with Gasteiger partial charge in [0.25, 0.3) is 0 Å². The summed E-state index contributed by atoms with van der Waals surface area (Å²) in [5.41, 5.74) is 3.46. The smallest absolute Gasteiger partial charge is 0.161 e. The van der Waals surface area contributed by atoms with Crippen LogP contribution < -0.4 is 5.32 Å². The summed E-state index contributed by atoms with van der Waals surface area (Å²) in [6.45, 7) is 4.91. The van der Waals surface area contributed by atoms with Crippen LogP contribution >= 0.6 is 11.3 Å². The van der Waals surface area contributed by atoms with Crippen LogP contribution in [0.15, 0.2) is 24.3 Å². The van der Waals surface area contributed by atoms with Crippen molar-refractivity contribution in [1.29, 1.82) is 0 Å². The highest BCUT2D eigenvalue weighted by Crippen LogP contribution is 2.25. The fraction of sp³-hybridized carbons (Fsp3) is 0.375. The second kappa shape index (κ2) is 5.46. The molecule has 0 amide bonds. The highest BCUT2D eigenvalue weighted by atomic mass is 32.1. The molecule has 1 aromatic heterocycles. The molecule has 20 heavy (non-hydrogen) atoms. The van der Waals surface area contributed by atoms with Crippen LogP contribution in [-0.2, 0) is 17.6 Å². The number of carbonyl (C=O) groups is 1. The Labute approximate surface area is 123 Å². The summed E-state index contributed by atoms with van der Waals surface area (Å²) >= 11 is 1.63. The molecule has 3 rings (SSSR count). The minimum Gasteiger partial charge on any atom is -0.303 e. The summed E-state index contributed by atoms with van der Waals surface area (Å²) in [5, 5.41) is 4.27. The van der Waals surface area contributed by atoms with Gasteiger partial charge in [-0.2, -0.15) is 0 Å². The van der Waals surface area contributed by atoms with Crippen LogP contribution in [-0.4, -0.2) is 17.3 Å². The third-order valence-electron chi connectivity index (χ3n) is 3.83. The van der Waals surface area contributed by atoms with Gasteiger partial charge in [0.1, 0.15) is 5.01 Å². The van der Waals surface area contributed by atoms with Gasteiger partial charge in [-0.05, 0) is 31.4 Å². The van der Waals surface area contributed by atoms with E-state index in [1.807, 2.05) is 19.1 Å². The average molecular weight is 286 g/mol. The number of Topliss-reactive ketones (excluding diaryl/α,β-unsaturated/α-hetero) is 1. The predicted molar refractivity (Wildman–Crippen MR) is 81.2 cm³/mol. The van der Waals surface area contributed by atoms with Gasteiger partial charge >= 0.3 is 0 Å². The predicted octanol–water partition coefficient (Wildman–Crippen LogP) is 2.76. The molecule has 1 atom stereocenters. The van der Waals surface area contributed by atoms with Gasteiger partial charge in [0.2, 0.25) is 0 Å². The largest absolute Gasteiger partial charge is 0.303 e. The van der Waals surface area contributed by atoms with Gasteiger partial charge in [-0.15, -0.1) is 11.3 Å². The van der Waals surface area contributed by atoms with Crippen molar-refractivity contribution in [1.82, 2.24) is 10.3 Å². The third-order valence-corrected chi connectivity index (χ3v) is 4.90. The van der Waals surface area contributed by atoms with E-state index >= 15 is 0 Å². The Morgan fingerprint density at radius 3 is 2.95 bits per heavy atom. The topological polar surface area (TPSA) is 42.0 Å². The molecule has 0 saturated carbocycles. The van der Waals surface area contributed by atoms with Crippen molar-refractivity contribution < 1.29 is 4.79 Å². The Morgan fingerprint density at radius 2 is 2.20 bits per heavy atom. The highest BCUT2D eigenvalue weighted by molar-refractivity contribution is 7.11. The molecule has 1 unspecified atom stereocenters. The van der Waals surface area contributed by atoms with Gasteiger partial charge < -0.3 is 5.32 Å². The maximum atomic E-state index is 12.6. The van der Waals surface area contributed by atoms with Crippen molar-refractivity contribution in [2.75, 3.05) is 6.54 Å². The Balaban J connectivity index is 1.81. The Kier molecular flexibility index (Phi) is 3.68. The minimum absolute atomic E-state index is 0.176. The normalized spacial score (nSPS) is 17.8. The van der Waals surface area contributed by atoms with Gasteiger partial charge in [-0.3, -0.25) is 4.79 Å². The van der Waals surface area contributed by atoms with E-state index in [-0.39, 0.29) is 11.8 Å². The number of benzene rings is 1. The molecule has 1 N–H and O–H groups in total. The summed E-state index contributed by atoms with van der Waals surface area (Å²) in [6.07, 6.45) is 1.42. The number of thiazole rings is 1. The zero-order chi connectivity index (χ0) is 14.1. The van der Waals surface area contributed by atoms with Crippen LogP contribution in [0.25, 0.3) is 0 Å². The minimum atomic E-state index is -0.176. The molecule has 0 fully saturated rings. The van der Waals surface area contributed by atoms with Gasteiger partial charge in [0.15, 0.2) is 5.78 Å². The SMILES string of the molecule is Cc1nc(CC(=O)C2NCCc3ccccc32)sc1C. The van der Waals surface area contributed by atoms with E-state index in [0.29, 0.717) is 6.42 Å². The first kappa shape index (κ1) is 13.5.